The fourth-order valence-corrected chi connectivity index (χ4v) is 1.59. The van der Waals surface area contributed by atoms with Crippen molar-refractivity contribution in [2.24, 2.45) is 0 Å². The molecular formula is C9H8ClN3O2. The fraction of sp³-hybridized carbons (Fsp3) is 0.333. The van der Waals surface area contributed by atoms with E-state index in [1.807, 2.05) is 0 Å². The summed E-state index contributed by atoms with van der Waals surface area (Å²) in [5, 5.41) is 10.0. The van der Waals surface area contributed by atoms with Crippen LogP contribution in [-0.4, -0.2) is 22.0 Å². The summed E-state index contributed by atoms with van der Waals surface area (Å²) in [6, 6.07) is 3.23. The van der Waals surface area contributed by atoms with Crippen molar-refractivity contribution in [1.82, 2.24) is 15.5 Å². The molecule has 5 nitrogen and oxygen atoms in total. The first-order valence-corrected chi connectivity index (χ1v) is 4.87. The Labute approximate surface area is 90.8 Å². The van der Waals surface area contributed by atoms with Crippen LogP contribution >= 0.6 is 11.6 Å². The zero-order valence-electron chi connectivity index (χ0n) is 7.74. The highest BCUT2D eigenvalue weighted by molar-refractivity contribution is 6.29. The number of imide groups is 1. The molecule has 0 spiro atoms. The molecule has 1 N–H and O–H groups in total. The highest BCUT2D eigenvalue weighted by Gasteiger charge is 2.29. The first-order chi connectivity index (χ1) is 7.16. The van der Waals surface area contributed by atoms with E-state index in [2.05, 4.69) is 15.5 Å². The van der Waals surface area contributed by atoms with E-state index < -0.39 is 5.92 Å². The number of halogens is 1. The molecule has 2 rings (SSSR count). The summed E-state index contributed by atoms with van der Waals surface area (Å²) in [5.74, 6) is -0.950. The topological polar surface area (TPSA) is 72.0 Å². The molecule has 2 amide bonds. The minimum absolute atomic E-state index is 0.238. The maximum atomic E-state index is 11.5. The van der Waals surface area contributed by atoms with Crippen LogP contribution in [0.2, 0.25) is 5.15 Å². The SMILES string of the molecule is O=C1CCC(c2ccc(Cl)nn2)C(=O)N1. The van der Waals surface area contributed by atoms with Crippen LogP contribution in [-0.2, 0) is 9.59 Å². The predicted octanol–water partition coefficient (Wildman–Crippen LogP) is 0.650. The second kappa shape index (κ2) is 3.94. The van der Waals surface area contributed by atoms with Crippen molar-refractivity contribution in [2.45, 2.75) is 18.8 Å². The normalized spacial score (nSPS) is 21.3. The lowest BCUT2D eigenvalue weighted by Gasteiger charge is -2.19. The smallest absolute Gasteiger partial charge is 0.235 e. The lowest BCUT2D eigenvalue weighted by atomic mass is 9.95. The Morgan fingerprint density at radius 2 is 2.13 bits per heavy atom. The highest BCUT2D eigenvalue weighted by Crippen LogP contribution is 2.22. The maximum absolute atomic E-state index is 11.5. The Kier molecular flexibility index (Phi) is 2.64. The van der Waals surface area contributed by atoms with Crippen molar-refractivity contribution >= 4 is 23.4 Å². The molecule has 1 aromatic heterocycles. The zero-order valence-corrected chi connectivity index (χ0v) is 8.49. The Hall–Kier alpha value is -1.49. The van der Waals surface area contributed by atoms with E-state index in [1.54, 1.807) is 12.1 Å². The molecule has 1 aliphatic rings. The molecule has 1 aliphatic heterocycles. The summed E-state index contributed by atoms with van der Waals surface area (Å²) >= 11 is 5.58. The van der Waals surface area contributed by atoms with E-state index in [0.717, 1.165) is 0 Å². The molecule has 15 heavy (non-hydrogen) atoms. The van der Waals surface area contributed by atoms with Gasteiger partial charge in [0, 0.05) is 6.42 Å². The van der Waals surface area contributed by atoms with Gasteiger partial charge >= 0.3 is 0 Å². The number of amides is 2. The minimum atomic E-state index is -0.396. The Morgan fingerprint density at radius 3 is 2.73 bits per heavy atom. The quantitative estimate of drug-likeness (QED) is 0.713. The van der Waals surface area contributed by atoms with E-state index in [0.29, 0.717) is 18.5 Å². The number of hydrogen-bond acceptors (Lipinski definition) is 4. The third-order valence-corrected chi connectivity index (χ3v) is 2.45. The summed E-state index contributed by atoms with van der Waals surface area (Å²) in [6.07, 6.45) is 0.807. The molecule has 1 saturated heterocycles. The van der Waals surface area contributed by atoms with Crippen molar-refractivity contribution in [3.63, 3.8) is 0 Å². The van der Waals surface area contributed by atoms with Gasteiger partial charge < -0.3 is 0 Å². The zero-order chi connectivity index (χ0) is 10.8. The molecule has 2 heterocycles. The van der Waals surface area contributed by atoms with E-state index in [1.165, 1.54) is 0 Å². The standard InChI is InChI=1S/C9H8ClN3O2/c10-7-3-2-6(12-13-7)5-1-4-8(14)11-9(5)15/h2-3,5H,1,4H2,(H,11,14,15). The Bertz CT molecular complexity index is 404. The Morgan fingerprint density at radius 1 is 1.33 bits per heavy atom. The number of rotatable bonds is 1. The molecule has 0 radical (unpaired) electrons. The van der Waals surface area contributed by atoms with Crippen LogP contribution in [0.15, 0.2) is 12.1 Å². The number of nitrogens with one attached hydrogen (secondary N) is 1. The van der Waals surface area contributed by atoms with Crippen LogP contribution in [0, 0.1) is 0 Å². The van der Waals surface area contributed by atoms with Crippen LogP contribution in [0.4, 0.5) is 0 Å². The van der Waals surface area contributed by atoms with Gasteiger partial charge in [0.1, 0.15) is 0 Å². The van der Waals surface area contributed by atoms with Gasteiger partial charge in [0.05, 0.1) is 11.6 Å². The van der Waals surface area contributed by atoms with Crippen molar-refractivity contribution in [3.05, 3.63) is 23.0 Å². The number of aromatic nitrogens is 2. The van der Waals surface area contributed by atoms with Crippen LogP contribution < -0.4 is 5.32 Å². The molecule has 0 bridgehead atoms. The summed E-state index contributed by atoms with van der Waals surface area (Å²) in [7, 11) is 0. The van der Waals surface area contributed by atoms with Gasteiger partial charge in [-0.1, -0.05) is 11.6 Å². The molecule has 0 aromatic carbocycles. The molecule has 1 atom stereocenters. The molecule has 1 unspecified atom stereocenters. The van der Waals surface area contributed by atoms with Gasteiger partial charge in [-0.3, -0.25) is 14.9 Å². The number of nitrogens with zero attached hydrogens (tertiary/aromatic N) is 2. The van der Waals surface area contributed by atoms with Gasteiger partial charge in [-0.25, -0.2) is 0 Å². The Balaban J connectivity index is 2.20. The molecule has 0 aliphatic carbocycles. The van der Waals surface area contributed by atoms with Crippen LogP contribution in [0.3, 0.4) is 0 Å². The second-order valence-corrected chi connectivity index (χ2v) is 3.67. The summed E-state index contributed by atoms with van der Waals surface area (Å²) in [5.41, 5.74) is 0.546. The minimum Gasteiger partial charge on any atom is -0.296 e. The van der Waals surface area contributed by atoms with Crippen LogP contribution in [0.5, 0.6) is 0 Å². The third-order valence-electron chi connectivity index (χ3n) is 2.25. The van der Waals surface area contributed by atoms with Crippen LogP contribution in [0.1, 0.15) is 24.5 Å². The van der Waals surface area contributed by atoms with Crippen molar-refractivity contribution < 1.29 is 9.59 Å². The number of carbonyl (C=O) groups is 2. The summed E-state index contributed by atoms with van der Waals surface area (Å²) in [4.78, 5) is 22.4. The number of hydrogen-bond donors (Lipinski definition) is 1. The summed E-state index contributed by atoms with van der Waals surface area (Å²) < 4.78 is 0. The monoisotopic (exact) mass is 225 g/mol. The first-order valence-electron chi connectivity index (χ1n) is 4.49. The fourth-order valence-electron chi connectivity index (χ4n) is 1.49. The van der Waals surface area contributed by atoms with Gasteiger partial charge in [-0.15, -0.1) is 5.10 Å². The second-order valence-electron chi connectivity index (χ2n) is 3.28. The maximum Gasteiger partial charge on any atom is 0.235 e. The molecule has 78 valence electrons. The highest BCUT2D eigenvalue weighted by atomic mass is 35.5. The summed E-state index contributed by atoms with van der Waals surface area (Å²) in [6.45, 7) is 0. The van der Waals surface area contributed by atoms with E-state index >= 15 is 0 Å². The van der Waals surface area contributed by atoms with E-state index in [9.17, 15) is 9.59 Å². The number of carbonyl (C=O) groups excluding carboxylic acids is 2. The average molecular weight is 226 g/mol. The molecule has 1 aromatic rings. The van der Waals surface area contributed by atoms with Gasteiger partial charge in [-0.05, 0) is 18.6 Å². The molecule has 1 fully saturated rings. The van der Waals surface area contributed by atoms with Crippen molar-refractivity contribution in [1.29, 1.82) is 0 Å². The first kappa shape index (κ1) is 10.0. The van der Waals surface area contributed by atoms with E-state index in [-0.39, 0.29) is 17.0 Å². The predicted molar refractivity (Wildman–Crippen MR) is 52.2 cm³/mol. The van der Waals surface area contributed by atoms with Gasteiger partial charge in [-0.2, -0.15) is 5.10 Å². The average Bonchev–Trinajstić information content (AvgIpc) is 2.20. The van der Waals surface area contributed by atoms with Crippen molar-refractivity contribution in [2.75, 3.05) is 0 Å². The van der Waals surface area contributed by atoms with Gasteiger partial charge in [0.15, 0.2) is 5.15 Å². The van der Waals surface area contributed by atoms with Crippen LogP contribution in [0.25, 0.3) is 0 Å². The lowest BCUT2D eigenvalue weighted by molar-refractivity contribution is -0.134. The molecule has 6 heteroatoms. The van der Waals surface area contributed by atoms with Gasteiger partial charge in [0.2, 0.25) is 11.8 Å². The molecular weight excluding hydrogens is 218 g/mol. The largest absolute Gasteiger partial charge is 0.296 e. The number of piperidine rings is 1. The van der Waals surface area contributed by atoms with Gasteiger partial charge in [0.25, 0.3) is 0 Å². The lowest BCUT2D eigenvalue weighted by Crippen LogP contribution is -2.39. The third kappa shape index (κ3) is 2.12. The van der Waals surface area contributed by atoms with Crippen molar-refractivity contribution in [3.8, 4) is 0 Å². The van der Waals surface area contributed by atoms with E-state index in [4.69, 9.17) is 11.6 Å². The molecule has 0 saturated carbocycles.